The van der Waals surface area contributed by atoms with Crippen molar-refractivity contribution in [1.29, 1.82) is 0 Å². The quantitative estimate of drug-likeness (QED) is 0.662. The molecule has 0 saturated carbocycles. The zero-order chi connectivity index (χ0) is 20.6. The second kappa shape index (κ2) is 9.63. The van der Waals surface area contributed by atoms with Gasteiger partial charge < -0.3 is 29.8 Å². The maximum Gasteiger partial charge on any atom is 0.407 e. The fourth-order valence-electron chi connectivity index (χ4n) is 2.15. The lowest BCUT2D eigenvalue weighted by Gasteiger charge is -2.19. The molecule has 28 heavy (non-hydrogen) atoms. The molecule has 2 rings (SSSR count). The molecule has 3 N–H and O–H groups in total. The van der Waals surface area contributed by atoms with E-state index in [0.717, 1.165) is 5.56 Å². The van der Waals surface area contributed by atoms with E-state index in [1.165, 1.54) is 0 Å². The van der Waals surface area contributed by atoms with E-state index in [1.807, 2.05) is 45.0 Å². The Morgan fingerprint density at radius 2 is 1.93 bits per heavy atom. The Bertz CT molecular complexity index is 780. The van der Waals surface area contributed by atoms with E-state index in [1.54, 1.807) is 6.07 Å². The number of aromatic nitrogens is 1. The summed E-state index contributed by atoms with van der Waals surface area (Å²) in [6, 6.07) is 8.96. The average Bonchev–Trinajstić information content (AvgIpc) is 3.08. The summed E-state index contributed by atoms with van der Waals surface area (Å²) in [6.45, 7) is 6.28. The molecule has 0 fully saturated rings. The molecule has 0 aliphatic heterocycles. The largest absolute Gasteiger partial charge is 0.494 e. The van der Waals surface area contributed by atoms with Crippen molar-refractivity contribution in [2.75, 3.05) is 13.2 Å². The highest BCUT2D eigenvalue weighted by molar-refractivity contribution is 5.67. The molecule has 152 valence electrons. The van der Waals surface area contributed by atoms with Gasteiger partial charge in [-0.15, -0.1) is 0 Å². The van der Waals surface area contributed by atoms with Gasteiger partial charge in [0.1, 0.15) is 17.0 Å². The number of nitrogens with zero attached hydrogens (tertiary/aromatic N) is 1. The van der Waals surface area contributed by atoms with E-state index in [4.69, 9.17) is 19.7 Å². The van der Waals surface area contributed by atoms with Gasteiger partial charge in [-0.1, -0.05) is 5.16 Å². The van der Waals surface area contributed by atoms with E-state index in [2.05, 4.69) is 15.2 Å². The van der Waals surface area contributed by atoms with Gasteiger partial charge in [0.05, 0.1) is 6.61 Å². The molecule has 1 aromatic heterocycles. The summed E-state index contributed by atoms with van der Waals surface area (Å²) in [5.41, 5.74) is 5.83. The van der Waals surface area contributed by atoms with Gasteiger partial charge in [-0.3, -0.25) is 0 Å². The van der Waals surface area contributed by atoms with Gasteiger partial charge >= 0.3 is 12.2 Å². The molecule has 9 heteroatoms. The highest BCUT2D eigenvalue weighted by Gasteiger charge is 2.15. The topological polar surface area (TPSA) is 126 Å². The number of amides is 2. The number of hydrogen-bond donors (Lipinski definition) is 2. The Morgan fingerprint density at radius 3 is 2.57 bits per heavy atom. The van der Waals surface area contributed by atoms with Crippen LogP contribution in [0.2, 0.25) is 0 Å². The molecule has 1 aromatic carbocycles. The number of hydrogen-bond acceptors (Lipinski definition) is 7. The van der Waals surface area contributed by atoms with Gasteiger partial charge in [0.15, 0.2) is 12.4 Å². The molecule has 0 saturated heterocycles. The summed E-state index contributed by atoms with van der Waals surface area (Å²) >= 11 is 0. The Kier molecular flexibility index (Phi) is 7.25. The van der Waals surface area contributed by atoms with Crippen LogP contribution in [0.1, 0.15) is 33.0 Å². The lowest BCUT2D eigenvalue weighted by Crippen LogP contribution is -2.33. The molecule has 0 aliphatic carbocycles. The van der Waals surface area contributed by atoms with Crippen molar-refractivity contribution in [2.24, 2.45) is 5.73 Å². The van der Waals surface area contributed by atoms with Gasteiger partial charge in [-0.25, -0.2) is 9.59 Å². The Morgan fingerprint density at radius 1 is 1.21 bits per heavy atom. The number of rotatable bonds is 8. The smallest absolute Gasteiger partial charge is 0.407 e. The van der Waals surface area contributed by atoms with Crippen molar-refractivity contribution < 1.29 is 28.3 Å². The molecule has 0 bridgehead atoms. The van der Waals surface area contributed by atoms with Crippen molar-refractivity contribution in [3.8, 4) is 17.0 Å². The van der Waals surface area contributed by atoms with Crippen LogP contribution in [0.3, 0.4) is 0 Å². The minimum atomic E-state index is -0.874. The van der Waals surface area contributed by atoms with Crippen molar-refractivity contribution in [3.05, 3.63) is 36.1 Å². The van der Waals surface area contributed by atoms with Gasteiger partial charge in [-0.05, 0) is 51.5 Å². The molecule has 0 aliphatic rings. The summed E-state index contributed by atoms with van der Waals surface area (Å²) in [4.78, 5) is 22.1. The van der Waals surface area contributed by atoms with Crippen molar-refractivity contribution in [1.82, 2.24) is 10.5 Å². The highest BCUT2D eigenvalue weighted by Crippen LogP contribution is 2.22. The summed E-state index contributed by atoms with van der Waals surface area (Å²) in [7, 11) is 0. The predicted molar refractivity (Wildman–Crippen MR) is 101 cm³/mol. The average molecular weight is 391 g/mol. The molecular formula is C19H25N3O6. The van der Waals surface area contributed by atoms with Crippen molar-refractivity contribution in [3.63, 3.8) is 0 Å². The van der Waals surface area contributed by atoms with Gasteiger partial charge in [-0.2, -0.15) is 0 Å². The van der Waals surface area contributed by atoms with Crippen LogP contribution in [0.25, 0.3) is 11.3 Å². The third-order valence-corrected chi connectivity index (χ3v) is 3.32. The number of carbonyl (C=O) groups excluding carboxylic acids is 2. The first-order valence-electron chi connectivity index (χ1n) is 8.81. The maximum atomic E-state index is 11.5. The lowest BCUT2D eigenvalue weighted by atomic mass is 10.1. The first-order valence-corrected chi connectivity index (χ1v) is 8.81. The first-order chi connectivity index (χ1) is 13.2. The number of benzene rings is 1. The predicted octanol–water partition coefficient (Wildman–Crippen LogP) is 3.23. The number of alkyl carbamates (subject to hydrolysis) is 1. The third-order valence-electron chi connectivity index (χ3n) is 3.32. The minimum Gasteiger partial charge on any atom is -0.494 e. The molecule has 0 spiro atoms. The normalized spacial score (nSPS) is 11.0. The van der Waals surface area contributed by atoms with Crippen LogP contribution in [0.4, 0.5) is 9.59 Å². The number of primary amides is 1. The second-order valence-electron chi connectivity index (χ2n) is 6.94. The summed E-state index contributed by atoms with van der Waals surface area (Å²) in [6.07, 6.45) is -0.668. The van der Waals surface area contributed by atoms with E-state index >= 15 is 0 Å². The Balaban J connectivity index is 1.73. The van der Waals surface area contributed by atoms with Crippen molar-refractivity contribution in [2.45, 2.75) is 39.4 Å². The number of nitrogens with one attached hydrogen (secondary N) is 1. The number of ether oxygens (including phenoxy) is 3. The standard InChI is InChI=1S/C19H25N3O6/c1-19(2,3)27-18(24)21-9-4-10-25-14-7-5-13(6-8-14)16-11-15(28-22-16)12-26-17(20)23/h5-8,11H,4,9-10,12H2,1-3H3,(H2,20,23)(H,21,24). The molecule has 9 nitrogen and oxygen atoms in total. The third kappa shape index (κ3) is 7.56. The van der Waals surface area contributed by atoms with E-state index in [0.29, 0.717) is 36.8 Å². The number of carbonyl (C=O) groups is 2. The van der Waals surface area contributed by atoms with E-state index in [-0.39, 0.29) is 6.61 Å². The van der Waals surface area contributed by atoms with Crippen LogP contribution in [0.5, 0.6) is 5.75 Å². The van der Waals surface area contributed by atoms with Gasteiger partial charge in [0, 0.05) is 18.2 Å². The monoisotopic (exact) mass is 391 g/mol. The first kappa shape index (κ1) is 21.1. The Labute approximate surface area is 163 Å². The molecule has 0 unspecified atom stereocenters. The number of nitrogens with two attached hydrogens (primary N) is 1. The van der Waals surface area contributed by atoms with Crippen LogP contribution >= 0.6 is 0 Å². The van der Waals surface area contributed by atoms with Crippen LogP contribution in [0, 0.1) is 0 Å². The van der Waals surface area contributed by atoms with Crippen LogP contribution in [-0.4, -0.2) is 36.1 Å². The molecule has 0 atom stereocenters. The lowest BCUT2D eigenvalue weighted by molar-refractivity contribution is 0.0525. The Hall–Kier alpha value is -3.23. The molecule has 2 amide bonds. The highest BCUT2D eigenvalue weighted by atomic mass is 16.6. The van der Waals surface area contributed by atoms with Crippen molar-refractivity contribution >= 4 is 12.2 Å². The zero-order valence-corrected chi connectivity index (χ0v) is 16.2. The van der Waals surface area contributed by atoms with Crippen LogP contribution < -0.4 is 15.8 Å². The summed E-state index contributed by atoms with van der Waals surface area (Å²) in [5, 5.41) is 6.60. The molecule has 0 radical (unpaired) electrons. The second-order valence-corrected chi connectivity index (χ2v) is 6.94. The molecular weight excluding hydrogens is 366 g/mol. The van der Waals surface area contributed by atoms with Gasteiger partial charge in [0.25, 0.3) is 0 Å². The summed E-state index contributed by atoms with van der Waals surface area (Å²) in [5.74, 6) is 1.09. The van der Waals surface area contributed by atoms with Crippen LogP contribution in [0.15, 0.2) is 34.9 Å². The van der Waals surface area contributed by atoms with Crippen LogP contribution in [-0.2, 0) is 16.1 Å². The maximum absolute atomic E-state index is 11.5. The fourth-order valence-corrected chi connectivity index (χ4v) is 2.15. The summed E-state index contributed by atoms with van der Waals surface area (Å²) < 4.78 is 20.5. The van der Waals surface area contributed by atoms with E-state index in [9.17, 15) is 9.59 Å². The van der Waals surface area contributed by atoms with Gasteiger partial charge in [0.2, 0.25) is 0 Å². The minimum absolute atomic E-state index is 0.0686. The van der Waals surface area contributed by atoms with E-state index < -0.39 is 17.8 Å². The molecule has 2 aromatic rings. The SMILES string of the molecule is CC(C)(C)OC(=O)NCCCOc1ccc(-c2cc(COC(N)=O)on2)cc1. The molecule has 1 heterocycles. The zero-order valence-electron chi connectivity index (χ0n) is 16.2. The fraction of sp³-hybridized carbons (Fsp3) is 0.421.